The highest BCUT2D eigenvalue weighted by Gasteiger charge is 1.94. The summed E-state index contributed by atoms with van der Waals surface area (Å²) in [5.41, 5.74) is 2.08. The molecule has 0 aliphatic rings. The standard InChI is InChI=1S/C7H8N2O.C7H7NO/c1-6(9-10)7-3-2-4-8-5-7;1-6(9)7-3-2-4-8-5-7/h2-5,10H,1H3;2-5H,1H3. The third kappa shape index (κ3) is 5.08. The maximum absolute atomic E-state index is 10.6. The van der Waals surface area contributed by atoms with Crippen LogP contribution in [0.4, 0.5) is 0 Å². The predicted octanol–water partition coefficient (Wildman–Crippen LogP) is 2.56. The van der Waals surface area contributed by atoms with Crippen molar-refractivity contribution in [3.8, 4) is 0 Å². The third-order valence-electron chi connectivity index (χ3n) is 2.30. The molecule has 5 nitrogen and oxygen atoms in total. The molecule has 0 unspecified atom stereocenters. The van der Waals surface area contributed by atoms with Crippen molar-refractivity contribution in [1.82, 2.24) is 9.97 Å². The molecule has 0 aromatic carbocycles. The molecule has 0 fully saturated rings. The van der Waals surface area contributed by atoms with Crippen LogP contribution in [0, 0.1) is 0 Å². The SMILES string of the molecule is CC(=NO)c1cccnc1.CC(=O)c1cccnc1. The van der Waals surface area contributed by atoms with Gasteiger partial charge in [-0.2, -0.15) is 0 Å². The van der Waals surface area contributed by atoms with Crippen molar-refractivity contribution < 1.29 is 10.0 Å². The minimum absolute atomic E-state index is 0.0584. The van der Waals surface area contributed by atoms with Crippen LogP contribution in [0.5, 0.6) is 0 Å². The molecule has 0 aliphatic heterocycles. The van der Waals surface area contributed by atoms with E-state index in [9.17, 15) is 4.79 Å². The van der Waals surface area contributed by atoms with E-state index in [0.29, 0.717) is 11.3 Å². The average Bonchev–Trinajstić information content (AvgIpc) is 2.49. The molecule has 0 atom stereocenters. The van der Waals surface area contributed by atoms with E-state index in [-0.39, 0.29) is 5.78 Å². The highest BCUT2D eigenvalue weighted by molar-refractivity contribution is 5.97. The molecule has 98 valence electrons. The van der Waals surface area contributed by atoms with Crippen LogP contribution in [-0.2, 0) is 0 Å². The van der Waals surface area contributed by atoms with Crippen LogP contribution in [0.2, 0.25) is 0 Å². The van der Waals surface area contributed by atoms with Gasteiger partial charge in [0.1, 0.15) is 0 Å². The fraction of sp³-hybridized carbons (Fsp3) is 0.143. The van der Waals surface area contributed by atoms with Gasteiger partial charge in [0.2, 0.25) is 0 Å². The smallest absolute Gasteiger partial charge is 0.161 e. The molecule has 19 heavy (non-hydrogen) atoms. The van der Waals surface area contributed by atoms with Gasteiger partial charge in [0.05, 0.1) is 5.71 Å². The van der Waals surface area contributed by atoms with Crippen LogP contribution in [0.15, 0.2) is 54.2 Å². The van der Waals surface area contributed by atoms with Gasteiger partial charge in [0, 0.05) is 35.9 Å². The number of aromatic nitrogens is 2. The number of oxime groups is 1. The van der Waals surface area contributed by atoms with Crippen LogP contribution in [0.25, 0.3) is 0 Å². The van der Waals surface area contributed by atoms with Gasteiger partial charge in [-0.05, 0) is 38.1 Å². The fourth-order valence-corrected chi connectivity index (χ4v) is 1.21. The van der Waals surface area contributed by atoms with Crippen LogP contribution >= 0.6 is 0 Å². The van der Waals surface area contributed by atoms with E-state index in [0.717, 1.165) is 5.56 Å². The Labute approximate surface area is 111 Å². The van der Waals surface area contributed by atoms with E-state index in [2.05, 4.69) is 15.1 Å². The Bertz CT molecular complexity index is 539. The lowest BCUT2D eigenvalue weighted by atomic mass is 10.2. The van der Waals surface area contributed by atoms with Gasteiger partial charge in [0.25, 0.3) is 0 Å². The molecule has 0 bridgehead atoms. The molecule has 2 heterocycles. The molecule has 0 saturated carbocycles. The zero-order chi connectivity index (χ0) is 14.1. The number of pyridine rings is 2. The summed E-state index contributed by atoms with van der Waals surface area (Å²) in [4.78, 5) is 18.3. The first-order chi connectivity index (χ1) is 9.15. The Kier molecular flexibility index (Phi) is 5.88. The predicted molar refractivity (Wildman–Crippen MR) is 72.5 cm³/mol. The van der Waals surface area contributed by atoms with Crippen molar-refractivity contribution in [2.24, 2.45) is 5.16 Å². The normalized spacial score (nSPS) is 10.3. The molecule has 0 amide bonds. The molecule has 5 heteroatoms. The highest BCUT2D eigenvalue weighted by atomic mass is 16.4. The minimum atomic E-state index is 0.0584. The van der Waals surface area contributed by atoms with Gasteiger partial charge in [0.15, 0.2) is 5.78 Å². The van der Waals surface area contributed by atoms with Crippen LogP contribution in [-0.4, -0.2) is 26.7 Å². The van der Waals surface area contributed by atoms with E-state index >= 15 is 0 Å². The average molecular weight is 257 g/mol. The summed E-state index contributed by atoms with van der Waals surface area (Å²) in [6.45, 7) is 3.24. The molecule has 2 rings (SSSR count). The molecular weight excluding hydrogens is 242 g/mol. The molecule has 2 aromatic heterocycles. The zero-order valence-electron chi connectivity index (χ0n) is 10.8. The molecule has 0 aliphatic carbocycles. The van der Waals surface area contributed by atoms with Gasteiger partial charge in [-0.1, -0.05) is 5.16 Å². The first-order valence-electron chi connectivity index (χ1n) is 5.65. The number of nitrogens with zero attached hydrogens (tertiary/aromatic N) is 3. The van der Waals surface area contributed by atoms with E-state index in [4.69, 9.17) is 5.21 Å². The summed E-state index contributed by atoms with van der Waals surface area (Å²) in [7, 11) is 0. The van der Waals surface area contributed by atoms with Crippen molar-refractivity contribution >= 4 is 11.5 Å². The van der Waals surface area contributed by atoms with Crippen molar-refractivity contribution in [2.45, 2.75) is 13.8 Å². The van der Waals surface area contributed by atoms with Crippen molar-refractivity contribution in [3.63, 3.8) is 0 Å². The summed E-state index contributed by atoms with van der Waals surface area (Å²) >= 11 is 0. The Morgan fingerprint density at radius 1 is 1.05 bits per heavy atom. The lowest BCUT2D eigenvalue weighted by Crippen LogP contribution is -1.93. The number of hydrogen-bond donors (Lipinski definition) is 1. The number of rotatable bonds is 2. The van der Waals surface area contributed by atoms with Crippen molar-refractivity contribution in [3.05, 3.63) is 60.2 Å². The number of ketones is 1. The Morgan fingerprint density at radius 2 is 1.58 bits per heavy atom. The first-order valence-corrected chi connectivity index (χ1v) is 5.65. The summed E-state index contributed by atoms with van der Waals surface area (Å²) in [5, 5.41) is 11.4. The number of carbonyl (C=O) groups is 1. The second-order valence-corrected chi connectivity index (χ2v) is 3.72. The number of carbonyl (C=O) groups excluding carboxylic acids is 1. The van der Waals surface area contributed by atoms with Crippen LogP contribution in [0.3, 0.4) is 0 Å². The largest absolute Gasteiger partial charge is 0.411 e. The summed E-state index contributed by atoms with van der Waals surface area (Å²) in [5.74, 6) is 0.0584. The molecule has 0 radical (unpaired) electrons. The molecule has 0 saturated heterocycles. The summed E-state index contributed by atoms with van der Waals surface area (Å²) < 4.78 is 0. The van der Waals surface area contributed by atoms with E-state index in [1.54, 1.807) is 49.9 Å². The van der Waals surface area contributed by atoms with Crippen molar-refractivity contribution in [2.75, 3.05) is 0 Å². The quantitative estimate of drug-likeness (QED) is 0.388. The van der Waals surface area contributed by atoms with E-state index < -0.39 is 0 Å². The molecule has 2 aromatic rings. The highest BCUT2D eigenvalue weighted by Crippen LogP contribution is 1.96. The Balaban J connectivity index is 0.000000191. The topological polar surface area (TPSA) is 75.4 Å². The Morgan fingerprint density at radius 3 is 1.89 bits per heavy atom. The zero-order valence-corrected chi connectivity index (χ0v) is 10.8. The van der Waals surface area contributed by atoms with E-state index in [1.165, 1.54) is 6.92 Å². The van der Waals surface area contributed by atoms with E-state index in [1.807, 2.05) is 6.07 Å². The summed E-state index contributed by atoms with van der Waals surface area (Å²) in [6.07, 6.45) is 6.53. The van der Waals surface area contributed by atoms with Gasteiger partial charge in [-0.3, -0.25) is 14.8 Å². The lowest BCUT2D eigenvalue weighted by Gasteiger charge is -1.93. The van der Waals surface area contributed by atoms with Gasteiger partial charge >= 0.3 is 0 Å². The fourth-order valence-electron chi connectivity index (χ4n) is 1.21. The molecule has 0 spiro atoms. The second kappa shape index (κ2) is 7.71. The number of Topliss-reactive ketones (excluding diaryl/α,β-unsaturated/α-hetero) is 1. The third-order valence-corrected chi connectivity index (χ3v) is 2.30. The molecule has 1 N–H and O–H groups in total. The first kappa shape index (κ1) is 14.5. The summed E-state index contributed by atoms with van der Waals surface area (Å²) in [6, 6.07) is 7.12. The molecular formula is C14H15N3O2. The maximum atomic E-state index is 10.6. The number of hydrogen-bond acceptors (Lipinski definition) is 5. The Hall–Kier alpha value is -2.56. The second-order valence-electron chi connectivity index (χ2n) is 3.72. The lowest BCUT2D eigenvalue weighted by molar-refractivity contribution is 0.101. The van der Waals surface area contributed by atoms with Gasteiger partial charge in [-0.25, -0.2) is 0 Å². The van der Waals surface area contributed by atoms with Gasteiger partial charge < -0.3 is 5.21 Å². The van der Waals surface area contributed by atoms with Crippen LogP contribution in [0.1, 0.15) is 29.8 Å². The van der Waals surface area contributed by atoms with Crippen LogP contribution < -0.4 is 0 Å². The van der Waals surface area contributed by atoms with Crippen molar-refractivity contribution in [1.29, 1.82) is 0 Å². The monoisotopic (exact) mass is 257 g/mol. The minimum Gasteiger partial charge on any atom is -0.411 e. The van der Waals surface area contributed by atoms with Gasteiger partial charge in [-0.15, -0.1) is 0 Å². The maximum Gasteiger partial charge on any atom is 0.161 e.